The van der Waals surface area contributed by atoms with Gasteiger partial charge in [0.2, 0.25) is 0 Å². The molecular weight excluding hydrogens is 178 g/mol. The van der Waals surface area contributed by atoms with Crippen molar-refractivity contribution in [3.63, 3.8) is 0 Å². The molecule has 0 saturated heterocycles. The maximum atomic E-state index is 10.4. The summed E-state index contributed by atoms with van der Waals surface area (Å²) in [6.45, 7) is 3.39. The summed E-state index contributed by atoms with van der Waals surface area (Å²) in [6.07, 6.45) is 6.90. The number of terminal acetylenes is 1. The lowest BCUT2D eigenvalue weighted by Crippen LogP contribution is -2.23. The average Bonchev–Trinajstić information content (AvgIpc) is 2.65. The Bertz CT molecular complexity index is 335. The number of carbonyl (C=O) groups excluding carboxylic acids is 1. The number of hydrogen-bond acceptors (Lipinski definition) is 3. The number of aldehydes is 1. The lowest BCUT2D eigenvalue weighted by molar-refractivity contribution is 0.110. The quantitative estimate of drug-likeness (QED) is 0.526. The van der Waals surface area contributed by atoms with Gasteiger partial charge in [0, 0.05) is 12.6 Å². The first kappa shape index (κ1) is 10.4. The molecule has 0 aromatic carbocycles. The average molecular weight is 191 g/mol. The van der Waals surface area contributed by atoms with Crippen LogP contribution in [0.4, 0.5) is 5.88 Å². The van der Waals surface area contributed by atoms with Gasteiger partial charge in [-0.05, 0) is 12.5 Å². The van der Waals surface area contributed by atoms with Crippen molar-refractivity contribution in [2.24, 2.45) is 0 Å². The lowest BCUT2D eigenvalue weighted by atomic mass is 10.4. The molecule has 0 aliphatic carbocycles. The van der Waals surface area contributed by atoms with Gasteiger partial charge in [0.05, 0.1) is 6.54 Å². The summed E-state index contributed by atoms with van der Waals surface area (Å²) in [5.41, 5.74) is 0. The summed E-state index contributed by atoms with van der Waals surface area (Å²) in [5, 5.41) is 0. The van der Waals surface area contributed by atoms with E-state index in [0.717, 1.165) is 13.0 Å². The smallest absolute Gasteiger partial charge is 0.197 e. The van der Waals surface area contributed by atoms with Crippen LogP contribution < -0.4 is 4.90 Å². The van der Waals surface area contributed by atoms with Crippen LogP contribution in [0.1, 0.15) is 23.9 Å². The van der Waals surface area contributed by atoms with Crippen molar-refractivity contribution in [1.29, 1.82) is 0 Å². The first-order valence-electron chi connectivity index (χ1n) is 4.55. The third kappa shape index (κ3) is 2.40. The number of nitrogens with zero attached hydrogens (tertiary/aromatic N) is 1. The van der Waals surface area contributed by atoms with Crippen LogP contribution in [-0.4, -0.2) is 19.4 Å². The van der Waals surface area contributed by atoms with E-state index in [1.807, 2.05) is 4.90 Å². The van der Waals surface area contributed by atoms with Crippen LogP contribution in [0.5, 0.6) is 0 Å². The van der Waals surface area contributed by atoms with Gasteiger partial charge in [-0.2, -0.15) is 0 Å². The van der Waals surface area contributed by atoms with Crippen molar-refractivity contribution in [2.75, 3.05) is 18.0 Å². The largest absolute Gasteiger partial charge is 0.438 e. The van der Waals surface area contributed by atoms with Crippen LogP contribution in [-0.2, 0) is 0 Å². The number of rotatable bonds is 5. The standard InChI is InChI=1S/C11H13NO2/c1-3-7-12(8-4-2)11-6-5-10(9-13)14-11/h1,5-6,9H,4,7-8H2,2H3. The molecule has 0 aliphatic rings. The summed E-state index contributed by atoms with van der Waals surface area (Å²) < 4.78 is 5.26. The highest BCUT2D eigenvalue weighted by atomic mass is 16.4. The Morgan fingerprint density at radius 3 is 2.93 bits per heavy atom. The highest BCUT2D eigenvalue weighted by Crippen LogP contribution is 2.17. The zero-order valence-electron chi connectivity index (χ0n) is 8.19. The second-order valence-corrected chi connectivity index (χ2v) is 2.92. The second-order valence-electron chi connectivity index (χ2n) is 2.92. The Morgan fingerprint density at radius 1 is 1.64 bits per heavy atom. The van der Waals surface area contributed by atoms with Gasteiger partial charge in [-0.1, -0.05) is 12.8 Å². The number of carbonyl (C=O) groups is 1. The molecule has 0 saturated carbocycles. The Morgan fingerprint density at radius 2 is 2.43 bits per heavy atom. The van der Waals surface area contributed by atoms with Gasteiger partial charge >= 0.3 is 0 Å². The number of hydrogen-bond donors (Lipinski definition) is 0. The van der Waals surface area contributed by atoms with Crippen molar-refractivity contribution >= 4 is 12.2 Å². The van der Waals surface area contributed by atoms with Crippen molar-refractivity contribution in [3.8, 4) is 12.3 Å². The minimum Gasteiger partial charge on any atom is -0.438 e. The predicted molar refractivity (Wildman–Crippen MR) is 55.4 cm³/mol. The van der Waals surface area contributed by atoms with Gasteiger partial charge in [-0.3, -0.25) is 4.79 Å². The van der Waals surface area contributed by atoms with Crippen molar-refractivity contribution in [1.82, 2.24) is 0 Å². The van der Waals surface area contributed by atoms with Crippen molar-refractivity contribution in [3.05, 3.63) is 17.9 Å². The molecule has 14 heavy (non-hydrogen) atoms. The predicted octanol–water partition coefficient (Wildman–Crippen LogP) is 1.94. The van der Waals surface area contributed by atoms with Crippen LogP contribution in [0.3, 0.4) is 0 Å². The van der Waals surface area contributed by atoms with E-state index in [-0.39, 0.29) is 0 Å². The van der Waals surface area contributed by atoms with E-state index in [1.165, 1.54) is 0 Å². The van der Waals surface area contributed by atoms with Gasteiger partial charge in [0.1, 0.15) is 0 Å². The molecule has 0 aliphatic heterocycles. The first-order valence-corrected chi connectivity index (χ1v) is 4.55. The molecule has 0 unspecified atom stereocenters. The molecule has 3 nitrogen and oxygen atoms in total. The zero-order valence-corrected chi connectivity index (χ0v) is 8.19. The van der Waals surface area contributed by atoms with Gasteiger partial charge in [0.15, 0.2) is 17.9 Å². The van der Waals surface area contributed by atoms with Gasteiger partial charge < -0.3 is 9.32 Å². The molecule has 0 atom stereocenters. The van der Waals surface area contributed by atoms with E-state index in [1.54, 1.807) is 12.1 Å². The van der Waals surface area contributed by atoms with Crippen LogP contribution >= 0.6 is 0 Å². The van der Waals surface area contributed by atoms with E-state index >= 15 is 0 Å². The van der Waals surface area contributed by atoms with Crippen LogP contribution in [0.2, 0.25) is 0 Å². The summed E-state index contributed by atoms with van der Waals surface area (Å²) >= 11 is 0. The van der Waals surface area contributed by atoms with E-state index < -0.39 is 0 Å². The monoisotopic (exact) mass is 191 g/mol. The topological polar surface area (TPSA) is 33.5 Å². The summed E-state index contributed by atoms with van der Waals surface area (Å²) in [4.78, 5) is 12.3. The fourth-order valence-electron chi connectivity index (χ4n) is 1.22. The zero-order chi connectivity index (χ0) is 10.4. The molecule has 0 bridgehead atoms. The molecule has 0 N–H and O–H groups in total. The maximum absolute atomic E-state index is 10.4. The van der Waals surface area contributed by atoms with Gasteiger partial charge in [0.25, 0.3) is 0 Å². The first-order chi connectivity index (χ1) is 6.81. The Balaban J connectivity index is 2.76. The normalized spacial score (nSPS) is 9.43. The Kier molecular flexibility index (Phi) is 3.81. The molecule has 0 radical (unpaired) electrons. The van der Waals surface area contributed by atoms with Crippen LogP contribution in [0.25, 0.3) is 0 Å². The minimum atomic E-state index is 0.332. The molecule has 1 rings (SSSR count). The number of furan rings is 1. The Labute approximate surface area is 83.7 Å². The molecular formula is C11H13NO2. The van der Waals surface area contributed by atoms with Gasteiger partial charge in [-0.25, -0.2) is 0 Å². The molecule has 1 heterocycles. The van der Waals surface area contributed by atoms with E-state index in [2.05, 4.69) is 12.8 Å². The minimum absolute atomic E-state index is 0.332. The lowest BCUT2D eigenvalue weighted by Gasteiger charge is -2.17. The van der Waals surface area contributed by atoms with E-state index in [0.29, 0.717) is 24.5 Å². The molecule has 1 aromatic heterocycles. The maximum Gasteiger partial charge on any atom is 0.197 e. The second kappa shape index (κ2) is 5.13. The number of anilines is 1. The van der Waals surface area contributed by atoms with Crippen LogP contribution in [0, 0.1) is 12.3 Å². The molecule has 1 aromatic rings. The highest BCUT2D eigenvalue weighted by molar-refractivity contribution is 5.71. The van der Waals surface area contributed by atoms with E-state index in [4.69, 9.17) is 10.8 Å². The third-order valence-corrected chi connectivity index (χ3v) is 1.82. The van der Waals surface area contributed by atoms with E-state index in [9.17, 15) is 4.79 Å². The summed E-state index contributed by atoms with van der Waals surface area (Å²) in [5.74, 6) is 3.55. The van der Waals surface area contributed by atoms with Crippen LogP contribution in [0.15, 0.2) is 16.5 Å². The van der Waals surface area contributed by atoms with Gasteiger partial charge in [-0.15, -0.1) is 6.42 Å². The third-order valence-electron chi connectivity index (χ3n) is 1.82. The van der Waals surface area contributed by atoms with Crippen molar-refractivity contribution in [2.45, 2.75) is 13.3 Å². The fraction of sp³-hybridized carbons (Fsp3) is 0.364. The highest BCUT2D eigenvalue weighted by Gasteiger charge is 2.08. The SMILES string of the molecule is C#CCN(CCC)c1ccc(C=O)o1. The molecule has 0 fully saturated rings. The molecule has 0 spiro atoms. The summed E-state index contributed by atoms with van der Waals surface area (Å²) in [7, 11) is 0. The molecule has 3 heteroatoms. The fourth-order valence-corrected chi connectivity index (χ4v) is 1.22. The Hall–Kier alpha value is -1.69. The van der Waals surface area contributed by atoms with Crippen molar-refractivity contribution < 1.29 is 9.21 Å². The molecule has 74 valence electrons. The molecule has 0 amide bonds. The summed E-state index contributed by atoms with van der Waals surface area (Å²) in [6, 6.07) is 3.40.